The van der Waals surface area contributed by atoms with Crippen molar-refractivity contribution in [2.75, 3.05) is 5.75 Å². The maximum Gasteiger partial charge on any atom is 0.277 e. The molecule has 0 atom stereocenters. The number of nitrogens with zero attached hydrogens (tertiary/aromatic N) is 2. The highest BCUT2D eigenvalue weighted by Crippen LogP contribution is 2.24. The molecular formula is C22H22N2O3S. The standard InChI is InChI=1S/C22H22N2O3S/c1-15-5-4-8-19(11-15)26-13-21-23-24-22(27-21)28-14-20(25)18-10-9-16-6-2-3-7-17(16)12-18/h4-5,8-12H,2-3,6-7,13-14H2,1H3. The van der Waals surface area contributed by atoms with Crippen LogP contribution in [0.3, 0.4) is 0 Å². The summed E-state index contributed by atoms with van der Waals surface area (Å²) < 4.78 is 11.2. The molecule has 6 heteroatoms. The molecule has 1 aromatic heterocycles. The van der Waals surface area contributed by atoms with Crippen molar-refractivity contribution in [1.82, 2.24) is 10.2 Å². The van der Waals surface area contributed by atoms with Gasteiger partial charge >= 0.3 is 0 Å². The monoisotopic (exact) mass is 394 g/mol. The summed E-state index contributed by atoms with van der Waals surface area (Å²) in [6.45, 7) is 2.21. The van der Waals surface area contributed by atoms with Gasteiger partial charge < -0.3 is 9.15 Å². The molecule has 144 valence electrons. The van der Waals surface area contributed by atoms with Crippen LogP contribution in [-0.2, 0) is 19.4 Å². The number of fused-ring (bicyclic) bond motifs is 1. The maximum absolute atomic E-state index is 12.5. The second-order valence-electron chi connectivity index (χ2n) is 6.97. The van der Waals surface area contributed by atoms with Crippen molar-refractivity contribution in [3.8, 4) is 5.75 Å². The molecule has 1 aliphatic rings. The van der Waals surface area contributed by atoms with Crippen LogP contribution in [0.15, 0.2) is 52.1 Å². The topological polar surface area (TPSA) is 65.2 Å². The zero-order valence-electron chi connectivity index (χ0n) is 15.8. The van der Waals surface area contributed by atoms with Crippen molar-refractivity contribution in [1.29, 1.82) is 0 Å². The SMILES string of the molecule is Cc1cccc(OCc2nnc(SCC(=O)c3ccc4c(c3)CCCC4)o2)c1. The van der Waals surface area contributed by atoms with E-state index in [-0.39, 0.29) is 18.1 Å². The maximum atomic E-state index is 12.5. The fourth-order valence-electron chi connectivity index (χ4n) is 3.32. The Hall–Kier alpha value is -2.60. The number of carbonyl (C=O) groups is 1. The van der Waals surface area contributed by atoms with Gasteiger partial charge in [-0.05, 0) is 67.5 Å². The highest BCUT2D eigenvalue weighted by Gasteiger charge is 2.15. The number of thioether (sulfide) groups is 1. The van der Waals surface area contributed by atoms with E-state index >= 15 is 0 Å². The van der Waals surface area contributed by atoms with Gasteiger partial charge in [0.05, 0.1) is 5.75 Å². The quantitative estimate of drug-likeness (QED) is 0.423. The van der Waals surface area contributed by atoms with Crippen molar-refractivity contribution in [3.05, 3.63) is 70.6 Å². The van der Waals surface area contributed by atoms with Gasteiger partial charge in [0.2, 0.25) is 0 Å². The Labute approximate surface area is 168 Å². The molecule has 0 amide bonds. The van der Waals surface area contributed by atoms with Crippen LogP contribution >= 0.6 is 11.8 Å². The van der Waals surface area contributed by atoms with E-state index in [9.17, 15) is 4.79 Å². The summed E-state index contributed by atoms with van der Waals surface area (Å²) in [7, 11) is 0. The number of aromatic nitrogens is 2. The minimum absolute atomic E-state index is 0.0779. The Kier molecular flexibility index (Phi) is 5.76. The molecule has 28 heavy (non-hydrogen) atoms. The Morgan fingerprint density at radius 1 is 1.11 bits per heavy atom. The number of aryl methyl sites for hydroxylation is 3. The molecule has 0 bridgehead atoms. The first-order chi connectivity index (χ1) is 13.7. The van der Waals surface area contributed by atoms with Gasteiger partial charge in [0.25, 0.3) is 11.1 Å². The second kappa shape index (κ2) is 8.61. The van der Waals surface area contributed by atoms with Gasteiger partial charge in [-0.3, -0.25) is 4.79 Å². The average molecular weight is 394 g/mol. The molecule has 4 rings (SSSR count). The fourth-order valence-corrected chi connectivity index (χ4v) is 4.00. The minimum Gasteiger partial charge on any atom is -0.484 e. The van der Waals surface area contributed by atoms with Crippen LogP contribution in [0.4, 0.5) is 0 Å². The van der Waals surface area contributed by atoms with E-state index in [0.29, 0.717) is 11.1 Å². The van der Waals surface area contributed by atoms with Crippen LogP contribution in [0.5, 0.6) is 5.75 Å². The van der Waals surface area contributed by atoms with Crippen molar-refractivity contribution in [2.45, 2.75) is 44.4 Å². The molecule has 0 N–H and O–H groups in total. The number of hydrogen-bond donors (Lipinski definition) is 0. The lowest BCUT2D eigenvalue weighted by Crippen LogP contribution is -2.07. The predicted molar refractivity (Wildman–Crippen MR) is 108 cm³/mol. The molecule has 5 nitrogen and oxygen atoms in total. The summed E-state index contributed by atoms with van der Waals surface area (Å²) in [5.74, 6) is 1.51. The molecule has 0 unspecified atom stereocenters. The third-order valence-electron chi connectivity index (χ3n) is 4.80. The molecule has 1 aliphatic carbocycles. The summed E-state index contributed by atoms with van der Waals surface area (Å²) in [6, 6.07) is 13.9. The van der Waals surface area contributed by atoms with Crippen LogP contribution in [0.25, 0.3) is 0 Å². The van der Waals surface area contributed by atoms with Gasteiger partial charge in [0.1, 0.15) is 5.75 Å². The number of rotatable bonds is 7. The zero-order chi connectivity index (χ0) is 19.3. The largest absolute Gasteiger partial charge is 0.484 e. The molecule has 0 spiro atoms. The summed E-state index contributed by atoms with van der Waals surface area (Å²) in [6.07, 6.45) is 4.63. The molecule has 2 aromatic carbocycles. The highest BCUT2D eigenvalue weighted by atomic mass is 32.2. The lowest BCUT2D eigenvalue weighted by Gasteiger charge is -2.16. The van der Waals surface area contributed by atoms with Gasteiger partial charge in [-0.1, -0.05) is 36.0 Å². The summed E-state index contributed by atoms with van der Waals surface area (Å²) in [5.41, 5.74) is 4.58. The fraction of sp³-hybridized carbons (Fsp3) is 0.318. The molecular weight excluding hydrogens is 372 g/mol. The van der Waals surface area contributed by atoms with E-state index in [0.717, 1.165) is 29.7 Å². The molecule has 0 saturated heterocycles. The number of hydrogen-bond acceptors (Lipinski definition) is 6. The smallest absolute Gasteiger partial charge is 0.277 e. The third kappa shape index (κ3) is 4.62. The second-order valence-corrected chi connectivity index (χ2v) is 7.90. The Morgan fingerprint density at radius 3 is 2.82 bits per heavy atom. The van der Waals surface area contributed by atoms with E-state index in [1.54, 1.807) is 0 Å². The van der Waals surface area contributed by atoms with Crippen molar-refractivity contribution >= 4 is 17.5 Å². The number of ether oxygens (including phenoxy) is 1. The van der Waals surface area contributed by atoms with E-state index in [1.165, 1.54) is 35.7 Å². The molecule has 0 radical (unpaired) electrons. The Bertz CT molecular complexity index is 983. The highest BCUT2D eigenvalue weighted by molar-refractivity contribution is 7.99. The van der Waals surface area contributed by atoms with Crippen LogP contribution < -0.4 is 4.74 Å². The number of Topliss-reactive ketones (excluding diaryl/α,β-unsaturated/α-hetero) is 1. The Balaban J connectivity index is 1.31. The van der Waals surface area contributed by atoms with E-state index in [4.69, 9.17) is 9.15 Å². The zero-order valence-corrected chi connectivity index (χ0v) is 16.6. The van der Waals surface area contributed by atoms with Crippen molar-refractivity contribution < 1.29 is 13.9 Å². The molecule has 0 aliphatic heterocycles. The summed E-state index contributed by atoms with van der Waals surface area (Å²) in [5, 5.41) is 8.37. The first-order valence-corrected chi connectivity index (χ1v) is 10.5. The number of ketones is 1. The van der Waals surface area contributed by atoms with Gasteiger partial charge in [-0.25, -0.2) is 0 Å². The van der Waals surface area contributed by atoms with Gasteiger partial charge in [-0.2, -0.15) is 0 Å². The van der Waals surface area contributed by atoms with Crippen LogP contribution in [0, 0.1) is 6.92 Å². The van der Waals surface area contributed by atoms with Gasteiger partial charge in [0.15, 0.2) is 12.4 Å². The van der Waals surface area contributed by atoms with E-state index in [1.807, 2.05) is 43.3 Å². The normalized spacial score (nSPS) is 13.2. The van der Waals surface area contributed by atoms with Gasteiger partial charge in [-0.15, -0.1) is 10.2 Å². The summed E-state index contributed by atoms with van der Waals surface area (Å²) >= 11 is 1.26. The Morgan fingerprint density at radius 2 is 1.96 bits per heavy atom. The lowest BCUT2D eigenvalue weighted by atomic mass is 9.90. The molecule has 1 heterocycles. The van der Waals surface area contributed by atoms with E-state index in [2.05, 4.69) is 16.3 Å². The predicted octanol–water partition coefficient (Wildman–Crippen LogP) is 4.81. The van der Waals surface area contributed by atoms with Crippen LogP contribution in [0.1, 0.15) is 45.8 Å². The van der Waals surface area contributed by atoms with Crippen molar-refractivity contribution in [2.24, 2.45) is 0 Å². The number of carbonyl (C=O) groups excluding carboxylic acids is 1. The number of benzene rings is 2. The van der Waals surface area contributed by atoms with Crippen molar-refractivity contribution in [3.63, 3.8) is 0 Å². The van der Waals surface area contributed by atoms with E-state index < -0.39 is 0 Å². The first kappa shape index (κ1) is 18.7. The van der Waals surface area contributed by atoms with Crippen LogP contribution in [0.2, 0.25) is 0 Å². The van der Waals surface area contributed by atoms with Crippen LogP contribution in [-0.4, -0.2) is 21.7 Å². The molecule has 0 fully saturated rings. The molecule has 3 aromatic rings. The first-order valence-electron chi connectivity index (χ1n) is 9.47. The third-order valence-corrected chi connectivity index (χ3v) is 5.62. The summed E-state index contributed by atoms with van der Waals surface area (Å²) in [4.78, 5) is 12.5. The average Bonchev–Trinajstić information content (AvgIpc) is 3.18. The lowest BCUT2D eigenvalue weighted by molar-refractivity contribution is 0.102. The minimum atomic E-state index is 0.0779. The molecule has 0 saturated carbocycles. The van der Waals surface area contributed by atoms with Gasteiger partial charge in [0, 0.05) is 5.56 Å².